The second-order valence-electron chi connectivity index (χ2n) is 4.41. The molecule has 1 aromatic heterocycles. The largest absolute Gasteiger partial charge is 0.396 e. The van der Waals surface area contributed by atoms with Gasteiger partial charge in [0.1, 0.15) is 0 Å². The maximum absolute atomic E-state index is 5.92. The van der Waals surface area contributed by atoms with Gasteiger partial charge in [0.2, 0.25) is 0 Å². The number of rotatable bonds is 3. The lowest BCUT2D eigenvalue weighted by Crippen LogP contribution is -2.22. The van der Waals surface area contributed by atoms with Gasteiger partial charge in [-0.15, -0.1) is 0 Å². The fourth-order valence-corrected chi connectivity index (χ4v) is 2.59. The smallest absolute Gasteiger partial charge is 0.0773 e. The van der Waals surface area contributed by atoms with E-state index in [1.54, 1.807) is 12.4 Å². The van der Waals surface area contributed by atoms with Gasteiger partial charge in [-0.3, -0.25) is 4.98 Å². The Labute approximate surface area is 98.8 Å². The standard InChI is InChI=1S/C11H16BrN3/c1-7-3-8(7)6-15(2)11-9(12)4-14-5-10(11)13/h4-5,7-8H,3,6,13H2,1-2H3. The number of anilines is 2. The second-order valence-corrected chi connectivity index (χ2v) is 5.27. The molecule has 82 valence electrons. The Morgan fingerprint density at radius 1 is 1.60 bits per heavy atom. The number of pyridine rings is 1. The van der Waals surface area contributed by atoms with Crippen molar-refractivity contribution in [3.8, 4) is 0 Å². The molecule has 1 saturated carbocycles. The van der Waals surface area contributed by atoms with Crippen molar-refractivity contribution in [3.05, 3.63) is 16.9 Å². The predicted octanol–water partition coefficient (Wildman–Crippen LogP) is 2.52. The van der Waals surface area contributed by atoms with Crippen LogP contribution in [-0.2, 0) is 0 Å². The highest BCUT2D eigenvalue weighted by molar-refractivity contribution is 9.10. The minimum atomic E-state index is 0.736. The molecule has 1 heterocycles. The summed E-state index contributed by atoms with van der Waals surface area (Å²) in [6.45, 7) is 3.37. The summed E-state index contributed by atoms with van der Waals surface area (Å²) in [5.74, 6) is 1.70. The Hall–Kier alpha value is -0.770. The molecule has 0 amide bonds. The lowest BCUT2D eigenvalue weighted by atomic mass is 10.2. The minimum absolute atomic E-state index is 0.736. The molecule has 0 aliphatic heterocycles. The fraction of sp³-hybridized carbons (Fsp3) is 0.545. The van der Waals surface area contributed by atoms with Gasteiger partial charge in [-0.1, -0.05) is 6.92 Å². The van der Waals surface area contributed by atoms with Gasteiger partial charge >= 0.3 is 0 Å². The first kappa shape index (κ1) is 10.7. The van der Waals surface area contributed by atoms with E-state index >= 15 is 0 Å². The van der Waals surface area contributed by atoms with Crippen LogP contribution in [0.2, 0.25) is 0 Å². The Bertz CT molecular complexity index is 347. The van der Waals surface area contributed by atoms with Crippen LogP contribution in [0.5, 0.6) is 0 Å². The van der Waals surface area contributed by atoms with E-state index in [0.717, 1.165) is 34.2 Å². The average molecular weight is 270 g/mol. The van der Waals surface area contributed by atoms with Crippen LogP contribution >= 0.6 is 15.9 Å². The van der Waals surface area contributed by atoms with E-state index in [-0.39, 0.29) is 0 Å². The molecule has 4 heteroatoms. The molecule has 0 bridgehead atoms. The SMILES string of the molecule is CC1CC1CN(C)c1c(N)cncc1Br. The number of aromatic nitrogens is 1. The van der Waals surface area contributed by atoms with E-state index < -0.39 is 0 Å². The first-order valence-corrected chi connectivity index (χ1v) is 5.99. The number of nitrogen functional groups attached to an aromatic ring is 1. The maximum Gasteiger partial charge on any atom is 0.0773 e. The molecule has 1 aromatic rings. The van der Waals surface area contributed by atoms with Crippen molar-refractivity contribution in [1.82, 2.24) is 4.98 Å². The molecule has 15 heavy (non-hydrogen) atoms. The fourth-order valence-electron chi connectivity index (χ4n) is 1.94. The van der Waals surface area contributed by atoms with Crippen LogP contribution in [0.25, 0.3) is 0 Å². The van der Waals surface area contributed by atoms with Gasteiger partial charge < -0.3 is 10.6 Å². The topological polar surface area (TPSA) is 42.1 Å². The lowest BCUT2D eigenvalue weighted by Gasteiger charge is -2.22. The highest BCUT2D eigenvalue weighted by Crippen LogP contribution is 2.40. The molecule has 2 unspecified atom stereocenters. The molecule has 1 fully saturated rings. The van der Waals surface area contributed by atoms with Crippen LogP contribution in [0.3, 0.4) is 0 Å². The number of hydrogen-bond acceptors (Lipinski definition) is 3. The van der Waals surface area contributed by atoms with E-state index in [1.165, 1.54) is 6.42 Å². The van der Waals surface area contributed by atoms with Crippen LogP contribution in [-0.4, -0.2) is 18.6 Å². The summed E-state index contributed by atoms with van der Waals surface area (Å²) < 4.78 is 0.971. The van der Waals surface area contributed by atoms with Crippen molar-refractivity contribution in [1.29, 1.82) is 0 Å². The minimum Gasteiger partial charge on any atom is -0.396 e. The molecule has 1 aliphatic rings. The molecule has 2 rings (SSSR count). The van der Waals surface area contributed by atoms with Gasteiger partial charge in [0, 0.05) is 19.8 Å². The summed E-state index contributed by atoms with van der Waals surface area (Å²) in [7, 11) is 2.08. The average Bonchev–Trinajstić information content (AvgIpc) is 2.81. The third-order valence-corrected chi connectivity index (χ3v) is 3.65. The number of halogens is 1. The van der Waals surface area contributed by atoms with Crippen molar-refractivity contribution >= 4 is 27.3 Å². The van der Waals surface area contributed by atoms with Crippen LogP contribution in [0.1, 0.15) is 13.3 Å². The zero-order valence-electron chi connectivity index (χ0n) is 9.07. The quantitative estimate of drug-likeness (QED) is 0.917. The number of nitrogens with zero attached hydrogens (tertiary/aromatic N) is 2. The summed E-state index contributed by atoms with van der Waals surface area (Å²) in [6.07, 6.45) is 4.83. The summed E-state index contributed by atoms with van der Waals surface area (Å²) in [5, 5.41) is 0. The molecule has 0 spiro atoms. The Morgan fingerprint density at radius 3 is 2.80 bits per heavy atom. The second kappa shape index (κ2) is 4.00. The van der Waals surface area contributed by atoms with Crippen LogP contribution in [0, 0.1) is 11.8 Å². The van der Waals surface area contributed by atoms with Crippen molar-refractivity contribution in [3.63, 3.8) is 0 Å². The van der Waals surface area contributed by atoms with Gasteiger partial charge in [-0.05, 0) is 34.2 Å². The summed E-state index contributed by atoms with van der Waals surface area (Å²) >= 11 is 3.49. The van der Waals surface area contributed by atoms with Crippen LogP contribution < -0.4 is 10.6 Å². The summed E-state index contributed by atoms with van der Waals surface area (Å²) in [5.41, 5.74) is 7.71. The van der Waals surface area contributed by atoms with E-state index in [0.29, 0.717) is 0 Å². The molecule has 0 radical (unpaired) electrons. The third kappa shape index (κ3) is 2.25. The van der Waals surface area contributed by atoms with Crippen molar-refractivity contribution < 1.29 is 0 Å². The summed E-state index contributed by atoms with van der Waals surface area (Å²) in [4.78, 5) is 6.26. The summed E-state index contributed by atoms with van der Waals surface area (Å²) in [6, 6.07) is 0. The Balaban J connectivity index is 2.13. The highest BCUT2D eigenvalue weighted by atomic mass is 79.9. The molecule has 0 saturated heterocycles. The monoisotopic (exact) mass is 269 g/mol. The van der Waals surface area contributed by atoms with Crippen LogP contribution in [0.4, 0.5) is 11.4 Å². The van der Waals surface area contributed by atoms with E-state index in [2.05, 4.69) is 39.8 Å². The number of hydrogen-bond donors (Lipinski definition) is 1. The lowest BCUT2D eigenvalue weighted by molar-refractivity contribution is 0.725. The molecule has 3 nitrogen and oxygen atoms in total. The molecular weight excluding hydrogens is 254 g/mol. The zero-order chi connectivity index (χ0) is 11.0. The Morgan fingerprint density at radius 2 is 2.27 bits per heavy atom. The molecule has 2 atom stereocenters. The normalized spacial score (nSPS) is 23.9. The molecular formula is C11H16BrN3. The first-order chi connectivity index (χ1) is 7.09. The van der Waals surface area contributed by atoms with Gasteiger partial charge in [0.05, 0.1) is 22.0 Å². The molecule has 2 N–H and O–H groups in total. The zero-order valence-corrected chi connectivity index (χ0v) is 10.7. The molecule has 0 aromatic carbocycles. The predicted molar refractivity (Wildman–Crippen MR) is 66.9 cm³/mol. The van der Waals surface area contributed by atoms with Gasteiger partial charge in [0.15, 0.2) is 0 Å². The van der Waals surface area contributed by atoms with Gasteiger partial charge in [0.25, 0.3) is 0 Å². The van der Waals surface area contributed by atoms with E-state index in [1.807, 2.05) is 0 Å². The maximum atomic E-state index is 5.92. The Kier molecular flexibility index (Phi) is 2.87. The van der Waals surface area contributed by atoms with Crippen LogP contribution in [0.15, 0.2) is 16.9 Å². The highest BCUT2D eigenvalue weighted by Gasteiger charge is 2.33. The first-order valence-electron chi connectivity index (χ1n) is 5.19. The van der Waals surface area contributed by atoms with Crippen molar-refractivity contribution in [2.45, 2.75) is 13.3 Å². The number of nitrogens with two attached hydrogens (primary N) is 1. The third-order valence-electron chi connectivity index (χ3n) is 3.07. The van der Waals surface area contributed by atoms with Gasteiger partial charge in [-0.25, -0.2) is 0 Å². The van der Waals surface area contributed by atoms with E-state index in [9.17, 15) is 0 Å². The van der Waals surface area contributed by atoms with Crippen molar-refractivity contribution in [2.24, 2.45) is 11.8 Å². The molecule has 1 aliphatic carbocycles. The van der Waals surface area contributed by atoms with Crippen molar-refractivity contribution in [2.75, 3.05) is 24.2 Å². The van der Waals surface area contributed by atoms with E-state index in [4.69, 9.17) is 5.73 Å². The van der Waals surface area contributed by atoms with Gasteiger partial charge in [-0.2, -0.15) is 0 Å².